The Morgan fingerprint density at radius 1 is 1.45 bits per heavy atom. The first-order valence-corrected chi connectivity index (χ1v) is 8.99. The normalized spacial score (nSPS) is 11.7. The fourth-order valence-electron chi connectivity index (χ4n) is 1.70. The second-order valence-electron chi connectivity index (χ2n) is 4.19. The van der Waals surface area contributed by atoms with Gasteiger partial charge in [0, 0.05) is 34.7 Å². The lowest BCUT2D eigenvalue weighted by atomic mass is 10.2. The minimum Gasteiger partial charge on any atom is -0.398 e. The van der Waals surface area contributed by atoms with Gasteiger partial charge in [0.2, 0.25) is 10.0 Å². The fourth-order valence-corrected chi connectivity index (χ4v) is 4.28. The number of nitrogens with two attached hydrogens (primary N) is 1. The maximum Gasteiger partial charge on any atom is 0.240 e. The molecule has 0 aliphatic carbocycles. The highest BCUT2D eigenvalue weighted by Gasteiger charge is 2.18. The van der Waals surface area contributed by atoms with E-state index < -0.39 is 10.0 Å². The number of aromatic nitrogens is 1. The van der Waals surface area contributed by atoms with Gasteiger partial charge in [-0.15, -0.1) is 11.3 Å². The van der Waals surface area contributed by atoms with Crippen LogP contribution in [-0.2, 0) is 16.4 Å². The van der Waals surface area contributed by atoms with Gasteiger partial charge in [-0.05, 0) is 24.6 Å². The summed E-state index contributed by atoms with van der Waals surface area (Å²) in [5, 5.41) is 2.77. The molecule has 108 valence electrons. The van der Waals surface area contributed by atoms with Gasteiger partial charge in [-0.25, -0.2) is 18.1 Å². The number of nitrogens with one attached hydrogen (secondary N) is 1. The molecule has 2 aromatic rings. The molecule has 3 N–H and O–H groups in total. The Morgan fingerprint density at radius 2 is 2.20 bits per heavy atom. The Bertz CT molecular complexity index is 700. The van der Waals surface area contributed by atoms with E-state index in [9.17, 15) is 8.42 Å². The Kier molecular flexibility index (Phi) is 4.79. The lowest BCUT2D eigenvalue weighted by Crippen LogP contribution is -2.26. The van der Waals surface area contributed by atoms with Crippen molar-refractivity contribution in [3.63, 3.8) is 0 Å². The van der Waals surface area contributed by atoms with E-state index in [0.29, 0.717) is 28.7 Å². The number of thiazole rings is 1. The van der Waals surface area contributed by atoms with Crippen molar-refractivity contribution in [1.82, 2.24) is 9.71 Å². The Balaban J connectivity index is 2.14. The second-order valence-corrected chi connectivity index (χ2v) is 7.82. The fraction of sp³-hybridized carbons (Fsp3) is 0.250. The number of sulfonamides is 1. The molecule has 0 aliphatic heterocycles. The summed E-state index contributed by atoms with van der Waals surface area (Å²) in [7, 11) is -3.57. The van der Waals surface area contributed by atoms with Crippen LogP contribution in [0.15, 0.2) is 33.1 Å². The summed E-state index contributed by atoms with van der Waals surface area (Å²) < 4.78 is 27.8. The summed E-state index contributed by atoms with van der Waals surface area (Å²) in [4.78, 5) is 4.31. The number of rotatable bonds is 5. The average molecular weight is 376 g/mol. The first kappa shape index (κ1) is 15.4. The molecule has 8 heteroatoms. The maximum atomic E-state index is 12.3. The van der Waals surface area contributed by atoms with Crippen LogP contribution in [0.3, 0.4) is 0 Å². The molecule has 0 fully saturated rings. The SMILES string of the molecule is Cc1c(N)cc(Br)cc1S(=O)(=O)NCCc1nccs1. The quantitative estimate of drug-likeness (QED) is 0.785. The molecule has 0 saturated carbocycles. The lowest BCUT2D eigenvalue weighted by Gasteiger charge is -2.11. The van der Waals surface area contributed by atoms with Gasteiger partial charge in [-0.3, -0.25) is 0 Å². The van der Waals surface area contributed by atoms with E-state index in [0.717, 1.165) is 5.01 Å². The highest BCUT2D eigenvalue weighted by atomic mass is 79.9. The highest BCUT2D eigenvalue weighted by Crippen LogP contribution is 2.26. The van der Waals surface area contributed by atoms with Gasteiger partial charge < -0.3 is 5.73 Å². The van der Waals surface area contributed by atoms with Crippen molar-refractivity contribution in [2.75, 3.05) is 12.3 Å². The van der Waals surface area contributed by atoms with E-state index in [-0.39, 0.29) is 4.90 Å². The van der Waals surface area contributed by atoms with Crippen LogP contribution in [0.1, 0.15) is 10.6 Å². The third kappa shape index (κ3) is 3.57. The standard InChI is InChI=1S/C12H14BrN3O2S2/c1-8-10(14)6-9(13)7-11(8)20(17,18)16-3-2-12-15-4-5-19-12/h4-7,16H,2-3,14H2,1H3. The van der Waals surface area contributed by atoms with Gasteiger partial charge in [-0.1, -0.05) is 15.9 Å². The molecule has 0 atom stereocenters. The van der Waals surface area contributed by atoms with Crippen LogP contribution in [0.25, 0.3) is 0 Å². The zero-order valence-corrected chi connectivity index (χ0v) is 14.0. The van der Waals surface area contributed by atoms with Crippen molar-refractivity contribution in [3.05, 3.63) is 38.8 Å². The van der Waals surface area contributed by atoms with Crippen LogP contribution in [0.2, 0.25) is 0 Å². The van der Waals surface area contributed by atoms with Crippen LogP contribution >= 0.6 is 27.3 Å². The number of hydrogen-bond acceptors (Lipinski definition) is 5. The van der Waals surface area contributed by atoms with Crippen LogP contribution in [0, 0.1) is 6.92 Å². The number of halogens is 1. The maximum absolute atomic E-state index is 12.3. The minimum atomic E-state index is -3.57. The third-order valence-corrected chi connectivity index (χ3v) is 5.65. The number of nitrogen functional groups attached to an aromatic ring is 1. The van der Waals surface area contributed by atoms with Crippen molar-refractivity contribution < 1.29 is 8.42 Å². The molecule has 0 aliphatic rings. The summed E-state index contributed by atoms with van der Waals surface area (Å²) >= 11 is 4.76. The zero-order chi connectivity index (χ0) is 14.8. The van der Waals surface area contributed by atoms with E-state index >= 15 is 0 Å². The monoisotopic (exact) mass is 375 g/mol. The van der Waals surface area contributed by atoms with Crippen LogP contribution in [0.4, 0.5) is 5.69 Å². The molecule has 5 nitrogen and oxygen atoms in total. The molecular formula is C12H14BrN3O2S2. The number of anilines is 1. The van der Waals surface area contributed by atoms with Crippen molar-refractivity contribution in [2.24, 2.45) is 0 Å². The largest absolute Gasteiger partial charge is 0.398 e. The summed E-state index contributed by atoms with van der Waals surface area (Å²) in [6, 6.07) is 3.24. The molecular weight excluding hydrogens is 362 g/mol. The van der Waals surface area contributed by atoms with E-state index in [1.54, 1.807) is 25.3 Å². The van der Waals surface area contributed by atoms with Crippen LogP contribution in [0.5, 0.6) is 0 Å². The minimum absolute atomic E-state index is 0.198. The summed E-state index contributed by atoms with van der Waals surface area (Å²) in [5.41, 5.74) is 6.79. The Hall–Kier alpha value is -0.960. The number of nitrogens with zero attached hydrogens (tertiary/aromatic N) is 1. The summed E-state index contributed by atoms with van der Waals surface area (Å²) in [5.74, 6) is 0. The van der Waals surface area contributed by atoms with Gasteiger partial charge in [0.15, 0.2) is 0 Å². The average Bonchev–Trinajstić information content (AvgIpc) is 2.86. The van der Waals surface area contributed by atoms with Gasteiger partial charge in [0.05, 0.1) is 9.90 Å². The molecule has 1 aromatic carbocycles. The summed E-state index contributed by atoms with van der Waals surface area (Å²) in [6.45, 7) is 2.00. The predicted octanol–water partition coefficient (Wildman–Crippen LogP) is 2.32. The molecule has 0 amide bonds. The predicted molar refractivity (Wildman–Crippen MR) is 84.3 cm³/mol. The first-order chi connectivity index (χ1) is 9.40. The summed E-state index contributed by atoms with van der Waals surface area (Å²) in [6.07, 6.45) is 2.27. The molecule has 0 unspecified atom stereocenters. The first-order valence-electron chi connectivity index (χ1n) is 5.84. The van der Waals surface area contributed by atoms with Gasteiger partial charge in [-0.2, -0.15) is 0 Å². The smallest absolute Gasteiger partial charge is 0.240 e. The van der Waals surface area contributed by atoms with E-state index in [2.05, 4.69) is 25.6 Å². The molecule has 0 bridgehead atoms. The van der Waals surface area contributed by atoms with Gasteiger partial charge in [0.25, 0.3) is 0 Å². The Labute approximate surface area is 130 Å². The van der Waals surface area contributed by atoms with Crippen molar-refractivity contribution >= 4 is 43.0 Å². The topological polar surface area (TPSA) is 85.1 Å². The zero-order valence-electron chi connectivity index (χ0n) is 10.8. The molecule has 1 aromatic heterocycles. The van der Waals surface area contributed by atoms with E-state index in [4.69, 9.17) is 5.73 Å². The molecule has 0 saturated heterocycles. The number of hydrogen-bond donors (Lipinski definition) is 2. The molecule has 2 rings (SSSR count). The van der Waals surface area contributed by atoms with Crippen molar-refractivity contribution in [1.29, 1.82) is 0 Å². The number of benzene rings is 1. The Morgan fingerprint density at radius 3 is 2.85 bits per heavy atom. The van der Waals surface area contributed by atoms with Crippen LogP contribution in [-0.4, -0.2) is 19.9 Å². The third-order valence-electron chi connectivity index (χ3n) is 2.77. The molecule has 0 radical (unpaired) electrons. The van der Waals surface area contributed by atoms with Crippen molar-refractivity contribution in [2.45, 2.75) is 18.2 Å². The molecule has 0 spiro atoms. The lowest BCUT2D eigenvalue weighted by molar-refractivity contribution is 0.581. The second kappa shape index (κ2) is 6.21. The van der Waals surface area contributed by atoms with Crippen LogP contribution < -0.4 is 10.5 Å². The van der Waals surface area contributed by atoms with Gasteiger partial charge in [0.1, 0.15) is 0 Å². The van der Waals surface area contributed by atoms with Crippen molar-refractivity contribution in [3.8, 4) is 0 Å². The molecule has 20 heavy (non-hydrogen) atoms. The van der Waals surface area contributed by atoms with E-state index in [1.165, 1.54) is 11.3 Å². The van der Waals surface area contributed by atoms with E-state index in [1.807, 2.05) is 5.38 Å². The van der Waals surface area contributed by atoms with Gasteiger partial charge >= 0.3 is 0 Å². The highest BCUT2D eigenvalue weighted by molar-refractivity contribution is 9.10. The molecule has 1 heterocycles.